The Kier molecular flexibility index (Phi) is 5.30. The molecular weight excluding hydrogens is 295 g/mol. The molecule has 4 heteroatoms. The Hall–Kier alpha value is -1.22. The largest absolute Gasteiger partial charge is 0.497 e. The van der Waals surface area contributed by atoms with Crippen LogP contribution in [0.2, 0.25) is 10.0 Å². The quantitative estimate of drug-likeness (QED) is 0.869. The second kappa shape index (κ2) is 6.98. The third kappa shape index (κ3) is 4.14. The van der Waals surface area contributed by atoms with Gasteiger partial charge in [0.15, 0.2) is 0 Å². The van der Waals surface area contributed by atoms with Crippen molar-refractivity contribution in [3.05, 3.63) is 63.6 Å². The maximum absolute atomic E-state index is 10.2. The SMILES string of the molecule is COc1ccc(CCC(O)c2cc(Cl)cc(Cl)c2)cc1. The lowest BCUT2D eigenvalue weighted by Gasteiger charge is -2.12. The third-order valence-corrected chi connectivity index (χ3v) is 3.57. The van der Waals surface area contributed by atoms with Gasteiger partial charge >= 0.3 is 0 Å². The predicted molar refractivity (Wildman–Crippen MR) is 82.7 cm³/mol. The van der Waals surface area contributed by atoms with Crippen molar-refractivity contribution in [3.8, 4) is 5.75 Å². The lowest BCUT2D eigenvalue weighted by molar-refractivity contribution is 0.168. The summed E-state index contributed by atoms with van der Waals surface area (Å²) < 4.78 is 5.11. The van der Waals surface area contributed by atoms with Crippen molar-refractivity contribution >= 4 is 23.2 Å². The number of methoxy groups -OCH3 is 1. The first-order chi connectivity index (χ1) is 9.58. The minimum Gasteiger partial charge on any atom is -0.497 e. The highest BCUT2D eigenvalue weighted by Crippen LogP contribution is 2.26. The molecule has 0 aliphatic heterocycles. The average Bonchev–Trinajstić information content (AvgIpc) is 2.44. The van der Waals surface area contributed by atoms with Crippen LogP contribution in [-0.2, 0) is 6.42 Å². The Labute approximate surface area is 128 Å². The van der Waals surface area contributed by atoms with Crippen LogP contribution in [0.4, 0.5) is 0 Å². The number of aryl methyl sites for hydroxylation is 1. The third-order valence-electron chi connectivity index (χ3n) is 3.14. The molecule has 20 heavy (non-hydrogen) atoms. The summed E-state index contributed by atoms with van der Waals surface area (Å²) in [4.78, 5) is 0. The van der Waals surface area contributed by atoms with Crippen molar-refractivity contribution in [2.75, 3.05) is 7.11 Å². The van der Waals surface area contributed by atoms with Crippen LogP contribution in [0, 0.1) is 0 Å². The molecule has 2 nitrogen and oxygen atoms in total. The first-order valence-corrected chi connectivity index (χ1v) is 7.11. The van der Waals surface area contributed by atoms with Gasteiger partial charge in [-0.2, -0.15) is 0 Å². The van der Waals surface area contributed by atoms with Crippen molar-refractivity contribution in [3.63, 3.8) is 0 Å². The monoisotopic (exact) mass is 310 g/mol. The van der Waals surface area contributed by atoms with E-state index < -0.39 is 6.10 Å². The van der Waals surface area contributed by atoms with Gasteiger partial charge in [-0.25, -0.2) is 0 Å². The number of aliphatic hydroxyl groups excluding tert-OH is 1. The number of rotatable bonds is 5. The molecule has 0 saturated carbocycles. The van der Waals surface area contributed by atoms with Gasteiger partial charge in [-0.1, -0.05) is 35.3 Å². The van der Waals surface area contributed by atoms with E-state index in [4.69, 9.17) is 27.9 Å². The molecule has 2 rings (SSSR count). The molecule has 0 bridgehead atoms. The molecule has 1 unspecified atom stereocenters. The predicted octanol–water partition coefficient (Wildman–Crippen LogP) is 4.67. The molecule has 0 amide bonds. The van der Waals surface area contributed by atoms with Crippen molar-refractivity contribution in [2.45, 2.75) is 18.9 Å². The topological polar surface area (TPSA) is 29.5 Å². The molecule has 0 saturated heterocycles. The van der Waals surface area contributed by atoms with Gasteiger partial charge in [0, 0.05) is 10.0 Å². The van der Waals surface area contributed by atoms with E-state index in [0.717, 1.165) is 23.3 Å². The van der Waals surface area contributed by atoms with Crippen LogP contribution in [0.5, 0.6) is 5.75 Å². The van der Waals surface area contributed by atoms with Crippen molar-refractivity contribution in [1.82, 2.24) is 0 Å². The standard InChI is InChI=1S/C16H16Cl2O2/c1-20-15-5-2-11(3-6-15)4-7-16(19)12-8-13(17)10-14(18)9-12/h2-3,5-6,8-10,16,19H,4,7H2,1H3. The van der Waals surface area contributed by atoms with Crippen LogP contribution >= 0.6 is 23.2 Å². The van der Waals surface area contributed by atoms with Crippen molar-refractivity contribution < 1.29 is 9.84 Å². The summed E-state index contributed by atoms with van der Waals surface area (Å²) in [6, 6.07) is 13.0. The fraction of sp³-hybridized carbons (Fsp3) is 0.250. The molecule has 0 spiro atoms. The minimum atomic E-state index is -0.576. The normalized spacial score (nSPS) is 12.2. The molecule has 2 aromatic carbocycles. The minimum absolute atomic E-state index is 0.538. The van der Waals surface area contributed by atoms with Gasteiger partial charge in [0.2, 0.25) is 0 Å². The molecule has 0 radical (unpaired) electrons. The Morgan fingerprint density at radius 3 is 2.20 bits per heavy atom. The molecule has 0 heterocycles. The summed E-state index contributed by atoms with van der Waals surface area (Å²) in [5.41, 5.74) is 1.90. The molecule has 106 valence electrons. The van der Waals surface area contributed by atoms with E-state index >= 15 is 0 Å². The average molecular weight is 311 g/mol. The first kappa shape index (κ1) is 15.2. The number of aliphatic hydroxyl groups is 1. The summed E-state index contributed by atoms with van der Waals surface area (Å²) >= 11 is 11.9. The first-order valence-electron chi connectivity index (χ1n) is 6.35. The van der Waals surface area contributed by atoms with Crippen LogP contribution in [-0.4, -0.2) is 12.2 Å². The lowest BCUT2D eigenvalue weighted by atomic mass is 10.0. The number of ether oxygens (including phenoxy) is 1. The molecule has 1 atom stereocenters. The highest BCUT2D eigenvalue weighted by atomic mass is 35.5. The van der Waals surface area contributed by atoms with Crippen LogP contribution in [0.1, 0.15) is 23.7 Å². The van der Waals surface area contributed by atoms with E-state index in [1.165, 1.54) is 0 Å². The van der Waals surface area contributed by atoms with Gasteiger partial charge in [-0.05, 0) is 54.3 Å². The second-order valence-corrected chi connectivity index (χ2v) is 5.48. The smallest absolute Gasteiger partial charge is 0.118 e. The highest BCUT2D eigenvalue weighted by molar-refractivity contribution is 6.34. The fourth-order valence-corrected chi connectivity index (χ4v) is 2.57. The number of halogens is 2. The Balaban J connectivity index is 1.98. The van der Waals surface area contributed by atoms with Gasteiger partial charge in [0.1, 0.15) is 5.75 Å². The van der Waals surface area contributed by atoms with Crippen LogP contribution in [0.3, 0.4) is 0 Å². The molecular formula is C16H16Cl2O2. The van der Waals surface area contributed by atoms with Crippen molar-refractivity contribution in [2.24, 2.45) is 0 Å². The van der Waals surface area contributed by atoms with Gasteiger partial charge in [-0.15, -0.1) is 0 Å². The van der Waals surface area contributed by atoms with Gasteiger partial charge in [-0.3, -0.25) is 0 Å². The fourth-order valence-electron chi connectivity index (χ4n) is 2.03. The molecule has 0 aliphatic rings. The number of benzene rings is 2. The molecule has 1 N–H and O–H groups in total. The maximum Gasteiger partial charge on any atom is 0.118 e. The van der Waals surface area contributed by atoms with E-state index in [0.29, 0.717) is 16.5 Å². The van der Waals surface area contributed by atoms with E-state index in [1.54, 1.807) is 25.3 Å². The number of hydrogen-bond acceptors (Lipinski definition) is 2. The van der Waals surface area contributed by atoms with Gasteiger partial charge in [0.05, 0.1) is 13.2 Å². The molecule has 2 aromatic rings. The lowest BCUT2D eigenvalue weighted by Crippen LogP contribution is -2.00. The summed E-state index contributed by atoms with van der Waals surface area (Å²) in [6.07, 6.45) is 0.812. The zero-order valence-corrected chi connectivity index (χ0v) is 12.7. The zero-order valence-electron chi connectivity index (χ0n) is 11.1. The Morgan fingerprint density at radius 2 is 1.65 bits per heavy atom. The van der Waals surface area contributed by atoms with E-state index in [-0.39, 0.29) is 0 Å². The van der Waals surface area contributed by atoms with E-state index in [1.807, 2.05) is 24.3 Å². The van der Waals surface area contributed by atoms with E-state index in [2.05, 4.69) is 0 Å². The summed E-state index contributed by atoms with van der Waals surface area (Å²) in [7, 11) is 1.64. The summed E-state index contributed by atoms with van der Waals surface area (Å²) in [5.74, 6) is 0.830. The Bertz CT molecular complexity index is 547. The zero-order chi connectivity index (χ0) is 14.5. The molecule has 0 fully saturated rings. The Morgan fingerprint density at radius 1 is 1.05 bits per heavy atom. The molecule has 0 aromatic heterocycles. The van der Waals surface area contributed by atoms with Crippen LogP contribution < -0.4 is 4.74 Å². The second-order valence-electron chi connectivity index (χ2n) is 4.61. The maximum atomic E-state index is 10.2. The number of hydrogen-bond donors (Lipinski definition) is 1. The highest BCUT2D eigenvalue weighted by Gasteiger charge is 2.09. The van der Waals surface area contributed by atoms with Crippen LogP contribution in [0.15, 0.2) is 42.5 Å². The summed E-state index contributed by atoms with van der Waals surface area (Å²) in [6.45, 7) is 0. The summed E-state index contributed by atoms with van der Waals surface area (Å²) in [5, 5.41) is 11.3. The van der Waals surface area contributed by atoms with E-state index in [9.17, 15) is 5.11 Å². The van der Waals surface area contributed by atoms with Gasteiger partial charge in [0.25, 0.3) is 0 Å². The van der Waals surface area contributed by atoms with Crippen molar-refractivity contribution in [1.29, 1.82) is 0 Å². The molecule has 0 aliphatic carbocycles. The van der Waals surface area contributed by atoms with Gasteiger partial charge < -0.3 is 9.84 Å². The van der Waals surface area contributed by atoms with Crippen LogP contribution in [0.25, 0.3) is 0 Å².